The molecular formula is C10H14ClNO3. The third kappa shape index (κ3) is 2.27. The van der Waals surface area contributed by atoms with E-state index in [1.165, 1.54) is 20.3 Å². The van der Waals surface area contributed by atoms with Crippen LogP contribution in [0.5, 0.6) is 17.2 Å². The Morgan fingerprint density at radius 3 is 2.53 bits per heavy atom. The van der Waals surface area contributed by atoms with Crippen LogP contribution < -0.4 is 15.2 Å². The molecule has 0 radical (unpaired) electrons. The summed E-state index contributed by atoms with van der Waals surface area (Å²) >= 11 is 5.84. The summed E-state index contributed by atoms with van der Waals surface area (Å²) in [5.41, 5.74) is 6.02. The van der Waals surface area contributed by atoms with Gasteiger partial charge < -0.3 is 20.3 Å². The average Bonchev–Trinajstić information content (AvgIpc) is 2.24. The number of hydrogen-bond donors (Lipinski definition) is 2. The van der Waals surface area contributed by atoms with Crippen molar-refractivity contribution >= 4 is 11.6 Å². The van der Waals surface area contributed by atoms with E-state index in [1.54, 1.807) is 0 Å². The molecule has 3 N–H and O–H groups in total. The highest BCUT2D eigenvalue weighted by molar-refractivity contribution is 6.32. The third-order valence-corrected chi connectivity index (χ3v) is 2.37. The van der Waals surface area contributed by atoms with Crippen LogP contribution in [0.1, 0.15) is 5.56 Å². The van der Waals surface area contributed by atoms with Crippen LogP contribution in [-0.4, -0.2) is 25.9 Å². The average molecular weight is 232 g/mol. The SMILES string of the molecule is COc1cc(Cl)c(O)c(CCN)c1OC. The van der Waals surface area contributed by atoms with Gasteiger partial charge in [0, 0.05) is 11.6 Å². The maximum Gasteiger partial charge on any atom is 0.167 e. The number of benzene rings is 1. The van der Waals surface area contributed by atoms with E-state index in [1.807, 2.05) is 0 Å². The zero-order valence-corrected chi connectivity index (χ0v) is 9.47. The molecule has 0 amide bonds. The van der Waals surface area contributed by atoms with Crippen molar-refractivity contribution in [1.82, 2.24) is 0 Å². The van der Waals surface area contributed by atoms with Crippen molar-refractivity contribution in [2.45, 2.75) is 6.42 Å². The predicted octanol–water partition coefficient (Wildman–Crippen LogP) is 1.56. The van der Waals surface area contributed by atoms with Gasteiger partial charge >= 0.3 is 0 Å². The largest absolute Gasteiger partial charge is 0.506 e. The Morgan fingerprint density at radius 1 is 1.40 bits per heavy atom. The van der Waals surface area contributed by atoms with Crippen LogP contribution in [0, 0.1) is 0 Å². The topological polar surface area (TPSA) is 64.7 Å². The molecule has 0 bridgehead atoms. The second-order valence-corrected chi connectivity index (χ2v) is 3.37. The van der Waals surface area contributed by atoms with Gasteiger partial charge in [-0.3, -0.25) is 0 Å². The molecule has 1 aromatic rings. The summed E-state index contributed by atoms with van der Waals surface area (Å²) in [6, 6.07) is 1.51. The third-order valence-electron chi connectivity index (χ3n) is 2.09. The Labute approximate surface area is 93.6 Å². The van der Waals surface area contributed by atoms with Crippen LogP contribution in [0.25, 0.3) is 0 Å². The molecule has 1 aromatic carbocycles. The van der Waals surface area contributed by atoms with Crippen molar-refractivity contribution in [1.29, 1.82) is 0 Å². The number of rotatable bonds is 4. The Kier molecular flexibility index (Phi) is 4.05. The van der Waals surface area contributed by atoms with E-state index in [9.17, 15) is 5.11 Å². The molecule has 0 saturated carbocycles. The molecule has 0 heterocycles. The number of nitrogens with two attached hydrogens (primary N) is 1. The molecular weight excluding hydrogens is 218 g/mol. The molecule has 5 heteroatoms. The molecule has 0 aromatic heterocycles. The first-order chi connectivity index (χ1) is 7.15. The number of hydrogen-bond acceptors (Lipinski definition) is 4. The number of aromatic hydroxyl groups is 1. The van der Waals surface area contributed by atoms with Crippen LogP contribution in [-0.2, 0) is 6.42 Å². The summed E-state index contributed by atoms with van der Waals surface area (Å²) in [7, 11) is 3.02. The van der Waals surface area contributed by atoms with Crippen LogP contribution in [0.4, 0.5) is 0 Å². The molecule has 0 unspecified atom stereocenters. The minimum atomic E-state index is -0.000216. The van der Waals surface area contributed by atoms with Crippen molar-refractivity contribution in [3.05, 3.63) is 16.7 Å². The van der Waals surface area contributed by atoms with Gasteiger partial charge in [0.05, 0.1) is 19.2 Å². The molecule has 0 spiro atoms. The Bertz CT molecular complexity index is 355. The predicted molar refractivity (Wildman–Crippen MR) is 59.0 cm³/mol. The van der Waals surface area contributed by atoms with Crippen molar-refractivity contribution in [2.75, 3.05) is 20.8 Å². The second kappa shape index (κ2) is 5.09. The van der Waals surface area contributed by atoms with E-state index in [-0.39, 0.29) is 10.8 Å². The highest BCUT2D eigenvalue weighted by Gasteiger charge is 2.17. The van der Waals surface area contributed by atoms with Crippen molar-refractivity contribution < 1.29 is 14.6 Å². The second-order valence-electron chi connectivity index (χ2n) is 2.96. The zero-order valence-electron chi connectivity index (χ0n) is 8.71. The molecule has 0 fully saturated rings. The summed E-state index contributed by atoms with van der Waals surface area (Å²) < 4.78 is 10.3. The van der Waals surface area contributed by atoms with E-state index in [0.717, 1.165) is 0 Å². The minimum Gasteiger partial charge on any atom is -0.506 e. The maximum absolute atomic E-state index is 9.74. The van der Waals surface area contributed by atoms with Gasteiger partial charge in [-0.15, -0.1) is 0 Å². The highest BCUT2D eigenvalue weighted by Crippen LogP contribution is 2.42. The number of halogens is 1. The van der Waals surface area contributed by atoms with Crippen LogP contribution in [0.3, 0.4) is 0 Å². The van der Waals surface area contributed by atoms with Gasteiger partial charge in [-0.05, 0) is 13.0 Å². The standard InChI is InChI=1S/C10H14ClNO3/c1-14-8-5-7(11)9(13)6(3-4-12)10(8)15-2/h5,13H,3-4,12H2,1-2H3. The lowest BCUT2D eigenvalue weighted by Crippen LogP contribution is -2.05. The quantitative estimate of drug-likeness (QED) is 0.826. The van der Waals surface area contributed by atoms with Crippen molar-refractivity contribution in [3.8, 4) is 17.2 Å². The van der Waals surface area contributed by atoms with Gasteiger partial charge in [0.15, 0.2) is 11.5 Å². The number of methoxy groups -OCH3 is 2. The maximum atomic E-state index is 9.74. The summed E-state index contributed by atoms with van der Waals surface area (Å²) in [4.78, 5) is 0. The van der Waals surface area contributed by atoms with Crippen LogP contribution >= 0.6 is 11.6 Å². The molecule has 4 nitrogen and oxygen atoms in total. The minimum absolute atomic E-state index is 0.000216. The van der Waals surface area contributed by atoms with Gasteiger partial charge in [0.2, 0.25) is 0 Å². The molecule has 0 aliphatic carbocycles. The molecule has 15 heavy (non-hydrogen) atoms. The first-order valence-electron chi connectivity index (χ1n) is 4.48. The Morgan fingerprint density at radius 2 is 2.07 bits per heavy atom. The molecule has 0 aliphatic rings. The fraction of sp³-hybridized carbons (Fsp3) is 0.400. The summed E-state index contributed by atoms with van der Waals surface area (Å²) in [6.07, 6.45) is 0.478. The van der Waals surface area contributed by atoms with E-state index in [0.29, 0.717) is 30.0 Å². The Balaban J connectivity index is 3.35. The van der Waals surface area contributed by atoms with Gasteiger partial charge in [-0.2, -0.15) is 0 Å². The monoisotopic (exact) mass is 231 g/mol. The molecule has 1 rings (SSSR count). The Hall–Kier alpha value is -1.13. The highest BCUT2D eigenvalue weighted by atomic mass is 35.5. The van der Waals surface area contributed by atoms with Gasteiger partial charge in [-0.25, -0.2) is 0 Å². The molecule has 84 valence electrons. The van der Waals surface area contributed by atoms with Crippen LogP contribution in [0.15, 0.2) is 6.07 Å². The lowest BCUT2D eigenvalue weighted by atomic mass is 10.1. The van der Waals surface area contributed by atoms with E-state index >= 15 is 0 Å². The molecule has 0 saturated heterocycles. The zero-order chi connectivity index (χ0) is 11.4. The molecule has 0 atom stereocenters. The van der Waals surface area contributed by atoms with Crippen molar-refractivity contribution in [2.24, 2.45) is 5.73 Å². The van der Waals surface area contributed by atoms with E-state index in [2.05, 4.69) is 0 Å². The van der Waals surface area contributed by atoms with Gasteiger partial charge in [0.25, 0.3) is 0 Å². The molecule has 0 aliphatic heterocycles. The normalized spacial score (nSPS) is 10.1. The summed E-state index contributed by atoms with van der Waals surface area (Å²) in [5.74, 6) is 0.966. The lowest BCUT2D eigenvalue weighted by molar-refractivity contribution is 0.347. The fourth-order valence-corrected chi connectivity index (χ4v) is 1.61. The first-order valence-corrected chi connectivity index (χ1v) is 4.85. The van der Waals surface area contributed by atoms with E-state index in [4.69, 9.17) is 26.8 Å². The smallest absolute Gasteiger partial charge is 0.167 e. The summed E-state index contributed by atoms with van der Waals surface area (Å²) in [5, 5.41) is 9.97. The fourth-order valence-electron chi connectivity index (χ4n) is 1.40. The van der Waals surface area contributed by atoms with Gasteiger partial charge in [-0.1, -0.05) is 11.6 Å². The number of ether oxygens (including phenoxy) is 2. The number of phenolic OH excluding ortho intramolecular Hbond substituents is 1. The summed E-state index contributed by atoms with van der Waals surface area (Å²) in [6.45, 7) is 0.396. The van der Waals surface area contributed by atoms with Gasteiger partial charge in [0.1, 0.15) is 5.75 Å². The number of phenols is 1. The van der Waals surface area contributed by atoms with Crippen LogP contribution in [0.2, 0.25) is 5.02 Å². The first kappa shape index (κ1) is 11.9. The van der Waals surface area contributed by atoms with Crippen molar-refractivity contribution in [3.63, 3.8) is 0 Å². The van der Waals surface area contributed by atoms with E-state index < -0.39 is 0 Å². The lowest BCUT2D eigenvalue weighted by Gasteiger charge is -2.14.